The predicted octanol–water partition coefficient (Wildman–Crippen LogP) is 3.93. The van der Waals surface area contributed by atoms with Gasteiger partial charge in [-0.2, -0.15) is 10.4 Å². The summed E-state index contributed by atoms with van der Waals surface area (Å²) in [5.74, 6) is 0.911. The van der Waals surface area contributed by atoms with Crippen molar-refractivity contribution in [1.29, 1.82) is 5.26 Å². The van der Waals surface area contributed by atoms with Gasteiger partial charge in [0.1, 0.15) is 29.6 Å². The number of hydrogen-bond donors (Lipinski definition) is 2. The number of nitrogens with zero attached hydrogens (tertiary/aromatic N) is 6. The Balaban J connectivity index is 1.82. The Morgan fingerprint density at radius 3 is 2.62 bits per heavy atom. The molecule has 0 aliphatic heterocycles. The van der Waals surface area contributed by atoms with Crippen LogP contribution in [0, 0.1) is 11.3 Å². The van der Waals surface area contributed by atoms with Crippen LogP contribution < -0.4 is 10.6 Å². The Hall–Kier alpha value is -3.70. The molecule has 0 aliphatic rings. The fourth-order valence-electron chi connectivity index (χ4n) is 3.12. The third-order valence-corrected chi connectivity index (χ3v) is 4.80. The molecule has 0 radical (unpaired) electrons. The Labute approximate surface area is 172 Å². The molecule has 0 spiro atoms. The molecule has 9 heteroatoms. The minimum atomic E-state index is -0.218. The molecule has 144 valence electrons. The average Bonchev–Trinajstić information content (AvgIpc) is 3.13. The quantitative estimate of drug-likeness (QED) is 0.519. The zero-order valence-electron chi connectivity index (χ0n) is 15.8. The largest absolute Gasteiger partial charge is 0.372 e. The van der Waals surface area contributed by atoms with E-state index in [2.05, 4.69) is 31.7 Å². The van der Waals surface area contributed by atoms with E-state index in [1.807, 2.05) is 43.3 Å². The Bertz CT molecular complexity index is 1210. The summed E-state index contributed by atoms with van der Waals surface area (Å²) in [5.41, 5.74) is 3.60. The molecule has 0 aliphatic carbocycles. The van der Waals surface area contributed by atoms with Crippen LogP contribution in [0.25, 0.3) is 16.9 Å². The third-order valence-electron chi connectivity index (χ3n) is 4.54. The first-order chi connectivity index (χ1) is 14.1. The fourth-order valence-corrected chi connectivity index (χ4v) is 3.30. The molecule has 3 aromatic heterocycles. The van der Waals surface area contributed by atoms with Gasteiger partial charge in [0.2, 0.25) is 0 Å². The molecule has 8 nitrogen and oxygen atoms in total. The summed E-state index contributed by atoms with van der Waals surface area (Å²) in [6.45, 7) is 1.98. The van der Waals surface area contributed by atoms with E-state index in [4.69, 9.17) is 16.7 Å². The van der Waals surface area contributed by atoms with Gasteiger partial charge in [-0.1, -0.05) is 41.9 Å². The van der Waals surface area contributed by atoms with Crippen LogP contribution >= 0.6 is 11.6 Å². The number of halogens is 1. The Kier molecular flexibility index (Phi) is 4.97. The molecular weight excluding hydrogens is 388 g/mol. The highest BCUT2D eigenvalue weighted by Crippen LogP contribution is 2.31. The van der Waals surface area contributed by atoms with E-state index >= 15 is 0 Å². The van der Waals surface area contributed by atoms with Crippen molar-refractivity contribution in [2.24, 2.45) is 0 Å². The van der Waals surface area contributed by atoms with Gasteiger partial charge in [-0.15, -0.1) is 0 Å². The van der Waals surface area contributed by atoms with Gasteiger partial charge in [-0.3, -0.25) is 0 Å². The van der Waals surface area contributed by atoms with Crippen LogP contribution in [0.5, 0.6) is 0 Å². The van der Waals surface area contributed by atoms with Gasteiger partial charge < -0.3 is 10.6 Å². The Morgan fingerprint density at radius 1 is 1.14 bits per heavy atom. The maximum absolute atomic E-state index is 9.54. The Morgan fingerprint density at radius 2 is 1.90 bits per heavy atom. The van der Waals surface area contributed by atoms with Crippen molar-refractivity contribution in [1.82, 2.24) is 24.6 Å². The second-order valence-electron chi connectivity index (χ2n) is 6.34. The van der Waals surface area contributed by atoms with Gasteiger partial charge in [0.15, 0.2) is 10.8 Å². The summed E-state index contributed by atoms with van der Waals surface area (Å²) in [5, 5.41) is 20.9. The number of rotatable bonds is 5. The molecule has 0 fully saturated rings. The fraction of sp³-hybridized carbons (Fsp3) is 0.150. The van der Waals surface area contributed by atoms with E-state index in [-0.39, 0.29) is 6.04 Å². The molecule has 2 N–H and O–H groups in total. The molecule has 0 bridgehead atoms. The van der Waals surface area contributed by atoms with Crippen molar-refractivity contribution in [3.05, 3.63) is 65.2 Å². The average molecular weight is 405 g/mol. The molecule has 29 heavy (non-hydrogen) atoms. The van der Waals surface area contributed by atoms with Crippen molar-refractivity contribution < 1.29 is 0 Å². The summed E-state index contributed by atoms with van der Waals surface area (Å²) in [6.07, 6.45) is 2.98. The molecule has 0 saturated heterocycles. The van der Waals surface area contributed by atoms with Crippen LogP contribution in [-0.2, 0) is 0 Å². The first-order valence-electron chi connectivity index (χ1n) is 8.91. The highest BCUT2D eigenvalue weighted by molar-refractivity contribution is 6.29. The molecule has 4 rings (SSSR count). The maximum Gasteiger partial charge on any atom is 0.155 e. The molecule has 0 saturated carbocycles. The van der Waals surface area contributed by atoms with Gasteiger partial charge in [-0.05, 0) is 13.0 Å². The molecule has 1 unspecified atom stereocenters. The second kappa shape index (κ2) is 7.73. The second-order valence-corrected chi connectivity index (χ2v) is 6.73. The number of nitrogens with one attached hydrogen (secondary N) is 2. The number of nitriles is 1. The van der Waals surface area contributed by atoms with Crippen LogP contribution in [0.1, 0.15) is 24.1 Å². The lowest BCUT2D eigenvalue weighted by Crippen LogP contribution is -2.13. The lowest BCUT2D eigenvalue weighted by molar-refractivity contribution is 0.840. The number of benzene rings is 1. The standard InChI is InChI=1S/C20H17ClN8/c1-12(27-20-15(9-22)19(23-2)25-11-26-20)14-8-17-24-10-16(21)29(17)28-18(14)13-6-4-3-5-7-13/h3-8,10-12H,1-2H3,(H2,23,25,26,27). The van der Waals surface area contributed by atoms with E-state index < -0.39 is 0 Å². The van der Waals surface area contributed by atoms with Crippen molar-refractivity contribution in [3.8, 4) is 17.3 Å². The number of fused-ring (bicyclic) bond motifs is 1. The molecule has 1 atom stereocenters. The summed E-state index contributed by atoms with van der Waals surface area (Å²) in [6, 6.07) is 13.7. The smallest absolute Gasteiger partial charge is 0.155 e. The number of aromatic nitrogens is 5. The lowest BCUT2D eigenvalue weighted by Gasteiger charge is -2.19. The molecule has 3 heterocycles. The SMILES string of the molecule is CNc1ncnc(NC(C)c2cc3ncc(Cl)n3nc2-c2ccccc2)c1C#N. The van der Waals surface area contributed by atoms with Gasteiger partial charge >= 0.3 is 0 Å². The number of anilines is 2. The van der Waals surface area contributed by atoms with E-state index in [0.29, 0.717) is 28.0 Å². The van der Waals surface area contributed by atoms with E-state index in [0.717, 1.165) is 16.8 Å². The first-order valence-corrected chi connectivity index (χ1v) is 9.29. The van der Waals surface area contributed by atoms with Crippen LogP contribution in [-0.4, -0.2) is 31.6 Å². The van der Waals surface area contributed by atoms with Gasteiger partial charge in [0, 0.05) is 18.2 Å². The highest BCUT2D eigenvalue weighted by Gasteiger charge is 2.19. The van der Waals surface area contributed by atoms with Crippen molar-refractivity contribution >= 4 is 28.9 Å². The third kappa shape index (κ3) is 3.44. The van der Waals surface area contributed by atoms with Gasteiger partial charge in [0.05, 0.1) is 17.9 Å². The lowest BCUT2D eigenvalue weighted by atomic mass is 10.0. The monoisotopic (exact) mass is 404 g/mol. The number of hydrogen-bond acceptors (Lipinski definition) is 7. The number of imidazole rings is 1. The van der Waals surface area contributed by atoms with Gasteiger partial charge in [-0.25, -0.2) is 19.5 Å². The van der Waals surface area contributed by atoms with Crippen LogP contribution in [0.3, 0.4) is 0 Å². The zero-order valence-corrected chi connectivity index (χ0v) is 16.5. The van der Waals surface area contributed by atoms with Crippen LogP contribution in [0.15, 0.2) is 48.9 Å². The predicted molar refractivity (Wildman–Crippen MR) is 112 cm³/mol. The maximum atomic E-state index is 9.54. The van der Waals surface area contributed by atoms with Crippen molar-refractivity contribution in [2.45, 2.75) is 13.0 Å². The summed E-state index contributed by atoms with van der Waals surface area (Å²) in [4.78, 5) is 12.7. The first kappa shape index (κ1) is 18.7. The van der Waals surface area contributed by atoms with Gasteiger partial charge in [0.25, 0.3) is 0 Å². The van der Waals surface area contributed by atoms with E-state index in [1.54, 1.807) is 17.8 Å². The van der Waals surface area contributed by atoms with Crippen LogP contribution in [0.2, 0.25) is 5.15 Å². The minimum Gasteiger partial charge on any atom is -0.372 e. The summed E-state index contributed by atoms with van der Waals surface area (Å²) in [7, 11) is 1.71. The minimum absolute atomic E-state index is 0.218. The van der Waals surface area contributed by atoms with Crippen LogP contribution in [0.4, 0.5) is 11.6 Å². The van der Waals surface area contributed by atoms with E-state index in [1.165, 1.54) is 6.33 Å². The highest BCUT2D eigenvalue weighted by atomic mass is 35.5. The molecular formula is C20H17ClN8. The normalized spacial score (nSPS) is 11.8. The van der Waals surface area contributed by atoms with Crippen molar-refractivity contribution in [3.63, 3.8) is 0 Å². The summed E-state index contributed by atoms with van der Waals surface area (Å²) < 4.78 is 1.60. The molecule has 4 aromatic rings. The zero-order chi connectivity index (χ0) is 20.4. The van der Waals surface area contributed by atoms with E-state index in [9.17, 15) is 5.26 Å². The molecule has 0 amide bonds. The topological polar surface area (TPSA) is 104 Å². The molecule has 1 aromatic carbocycles. The summed E-state index contributed by atoms with van der Waals surface area (Å²) >= 11 is 6.23. The van der Waals surface area contributed by atoms with Crippen molar-refractivity contribution in [2.75, 3.05) is 17.7 Å².